The van der Waals surface area contributed by atoms with Gasteiger partial charge in [-0.2, -0.15) is 0 Å². The van der Waals surface area contributed by atoms with Gasteiger partial charge in [0, 0.05) is 25.5 Å². The number of rotatable bonds is 2. The molecule has 1 aliphatic heterocycles. The van der Waals surface area contributed by atoms with Crippen molar-refractivity contribution in [3.8, 4) is 0 Å². The van der Waals surface area contributed by atoms with E-state index in [0.717, 1.165) is 12.4 Å². The molecule has 1 aliphatic rings. The van der Waals surface area contributed by atoms with Crippen molar-refractivity contribution in [2.75, 3.05) is 18.0 Å². The molecule has 7 nitrogen and oxygen atoms in total. The van der Waals surface area contributed by atoms with Crippen LogP contribution in [0.1, 0.15) is 19.2 Å². The molecule has 2 aromatic rings. The van der Waals surface area contributed by atoms with Crippen LogP contribution < -0.4 is 4.90 Å². The van der Waals surface area contributed by atoms with Gasteiger partial charge in [0.25, 0.3) is 0 Å². The van der Waals surface area contributed by atoms with Gasteiger partial charge in [-0.3, -0.25) is 9.20 Å². The Morgan fingerprint density at radius 1 is 1.40 bits per heavy atom. The Morgan fingerprint density at radius 2 is 2.20 bits per heavy atom. The van der Waals surface area contributed by atoms with Crippen LogP contribution in [0.4, 0.5) is 5.82 Å². The third kappa shape index (κ3) is 2.09. The van der Waals surface area contributed by atoms with Gasteiger partial charge in [-0.25, -0.2) is 4.98 Å². The van der Waals surface area contributed by atoms with E-state index >= 15 is 0 Å². The minimum absolute atomic E-state index is 0.316. The van der Waals surface area contributed by atoms with E-state index in [1.54, 1.807) is 6.20 Å². The van der Waals surface area contributed by atoms with E-state index in [1.165, 1.54) is 0 Å². The molecular weight excluding hydrogens is 258 g/mol. The standard InChI is InChI=1S/C13H17N5O2/c1-8-5-10(13(19)20)7-17(6-8)11-12-16-15-9(2)18(12)4-3-14-11/h3-4,8,10H,5-7H2,1-2H3,(H,19,20). The highest BCUT2D eigenvalue weighted by atomic mass is 16.4. The quantitative estimate of drug-likeness (QED) is 0.879. The first-order valence-corrected chi connectivity index (χ1v) is 6.70. The molecule has 1 saturated heterocycles. The fourth-order valence-corrected chi connectivity index (χ4v) is 2.86. The maximum atomic E-state index is 11.3. The average Bonchev–Trinajstić information content (AvgIpc) is 2.80. The summed E-state index contributed by atoms with van der Waals surface area (Å²) in [5.74, 6) is 0.723. The number of aryl methyl sites for hydroxylation is 1. The molecule has 1 N–H and O–H groups in total. The van der Waals surface area contributed by atoms with E-state index < -0.39 is 5.97 Å². The SMILES string of the molecule is Cc1nnc2c(N3CC(C)CC(C(=O)O)C3)nccn12. The van der Waals surface area contributed by atoms with Crippen LogP contribution in [0.3, 0.4) is 0 Å². The van der Waals surface area contributed by atoms with Gasteiger partial charge in [0.05, 0.1) is 5.92 Å². The van der Waals surface area contributed by atoms with Gasteiger partial charge in [0.1, 0.15) is 5.82 Å². The summed E-state index contributed by atoms with van der Waals surface area (Å²) in [6.45, 7) is 5.21. The molecular formula is C13H17N5O2. The van der Waals surface area contributed by atoms with E-state index in [4.69, 9.17) is 0 Å². The van der Waals surface area contributed by atoms with Crippen LogP contribution in [-0.2, 0) is 4.79 Å². The maximum absolute atomic E-state index is 11.3. The van der Waals surface area contributed by atoms with Crippen molar-refractivity contribution in [3.63, 3.8) is 0 Å². The summed E-state index contributed by atoms with van der Waals surface area (Å²) in [5, 5.41) is 17.5. The molecule has 0 aliphatic carbocycles. The van der Waals surface area contributed by atoms with E-state index in [1.807, 2.05) is 22.4 Å². The van der Waals surface area contributed by atoms with Crippen LogP contribution in [0.2, 0.25) is 0 Å². The average molecular weight is 275 g/mol. The summed E-state index contributed by atoms with van der Waals surface area (Å²) in [6.07, 6.45) is 4.23. The van der Waals surface area contributed by atoms with Crippen LogP contribution in [0.15, 0.2) is 12.4 Å². The molecule has 1 fully saturated rings. The molecule has 2 aromatic heterocycles. The molecule has 7 heteroatoms. The van der Waals surface area contributed by atoms with Gasteiger partial charge in [0.2, 0.25) is 5.65 Å². The first-order chi connectivity index (χ1) is 9.56. The number of hydrogen-bond donors (Lipinski definition) is 1. The second kappa shape index (κ2) is 4.73. The normalized spacial score (nSPS) is 23.2. The van der Waals surface area contributed by atoms with Crippen molar-refractivity contribution < 1.29 is 9.90 Å². The van der Waals surface area contributed by atoms with Crippen molar-refractivity contribution in [1.82, 2.24) is 19.6 Å². The number of aliphatic carboxylic acids is 1. The van der Waals surface area contributed by atoms with Crippen molar-refractivity contribution in [2.24, 2.45) is 11.8 Å². The Labute approximate surface area is 116 Å². The second-order valence-electron chi connectivity index (χ2n) is 5.47. The molecule has 0 saturated carbocycles. The zero-order chi connectivity index (χ0) is 14.3. The monoisotopic (exact) mass is 275 g/mol. The van der Waals surface area contributed by atoms with Crippen LogP contribution >= 0.6 is 0 Å². The number of carbonyl (C=O) groups is 1. The van der Waals surface area contributed by atoms with Gasteiger partial charge in [-0.1, -0.05) is 6.92 Å². The van der Waals surface area contributed by atoms with Crippen LogP contribution in [-0.4, -0.2) is 43.7 Å². The second-order valence-corrected chi connectivity index (χ2v) is 5.47. The number of carboxylic acids is 1. The molecule has 0 spiro atoms. The Morgan fingerprint density at radius 3 is 2.95 bits per heavy atom. The molecule has 0 radical (unpaired) electrons. The number of carboxylic acid groups (broad SMARTS) is 1. The Balaban J connectivity index is 1.99. The van der Waals surface area contributed by atoms with E-state index in [0.29, 0.717) is 30.3 Å². The van der Waals surface area contributed by atoms with Gasteiger partial charge in [0.15, 0.2) is 5.82 Å². The Bertz CT molecular complexity index is 653. The van der Waals surface area contributed by atoms with Crippen molar-refractivity contribution in [2.45, 2.75) is 20.3 Å². The molecule has 106 valence electrons. The van der Waals surface area contributed by atoms with Gasteiger partial charge < -0.3 is 10.0 Å². The highest BCUT2D eigenvalue weighted by Gasteiger charge is 2.31. The van der Waals surface area contributed by atoms with Crippen LogP contribution in [0.5, 0.6) is 0 Å². The molecule has 0 aromatic carbocycles. The summed E-state index contributed by atoms with van der Waals surface area (Å²) in [6, 6.07) is 0. The van der Waals surface area contributed by atoms with E-state index in [9.17, 15) is 9.90 Å². The first kappa shape index (κ1) is 12.8. The zero-order valence-corrected chi connectivity index (χ0v) is 11.5. The molecule has 2 unspecified atom stereocenters. The smallest absolute Gasteiger partial charge is 0.308 e. The first-order valence-electron chi connectivity index (χ1n) is 6.70. The molecule has 0 amide bonds. The third-order valence-corrected chi connectivity index (χ3v) is 3.79. The van der Waals surface area contributed by atoms with Crippen molar-refractivity contribution >= 4 is 17.4 Å². The predicted molar refractivity (Wildman–Crippen MR) is 72.6 cm³/mol. The molecule has 0 bridgehead atoms. The minimum Gasteiger partial charge on any atom is -0.481 e. The lowest BCUT2D eigenvalue weighted by atomic mass is 9.90. The lowest BCUT2D eigenvalue weighted by Gasteiger charge is -2.35. The molecule has 3 heterocycles. The molecule has 2 atom stereocenters. The van der Waals surface area contributed by atoms with Crippen molar-refractivity contribution in [3.05, 3.63) is 18.2 Å². The number of aromatic nitrogens is 4. The van der Waals surface area contributed by atoms with Crippen molar-refractivity contribution in [1.29, 1.82) is 0 Å². The zero-order valence-electron chi connectivity index (χ0n) is 11.5. The fourth-order valence-electron chi connectivity index (χ4n) is 2.86. The van der Waals surface area contributed by atoms with Gasteiger partial charge >= 0.3 is 5.97 Å². The summed E-state index contributed by atoms with van der Waals surface area (Å²) in [7, 11) is 0. The number of hydrogen-bond acceptors (Lipinski definition) is 5. The predicted octanol–water partition coefficient (Wildman–Crippen LogP) is 0.980. The number of piperidine rings is 1. The molecule has 3 rings (SSSR count). The largest absolute Gasteiger partial charge is 0.481 e. The Kier molecular flexibility index (Phi) is 3.04. The van der Waals surface area contributed by atoms with E-state index in [-0.39, 0.29) is 5.92 Å². The fraction of sp³-hybridized carbons (Fsp3) is 0.538. The number of fused-ring (bicyclic) bond motifs is 1. The Hall–Kier alpha value is -2.18. The summed E-state index contributed by atoms with van der Waals surface area (Å²) < 4.78 is 1.87. The van der Waals surface area contributed by atoms with Crippen LogP contribution in [0.25, 0.3) is 5.65 Å². The topological polar surface area (TPSA) is 83.6 Å². The minimum atomic E-state index is -0.744. The third-order valence-electron chi connectivity index (χ3n) is 3.79. The summed E-state index contributed by atoms with van der Waals surface area (Å²) in [5.41, 5.74) is 0.684. The summed E-state index contributed by atoms with van der Waals surface area (Å²) >= 11 is 0. The van der Waals surface area contributed by atoms with Gasteiger partial charge in [-0.05, 0) is 19.3 Å². The van der Waals surface area contributed by atoms with E-state index in [2.05, 4.69) is 22.1 Å². The van der Waals surface area contributed by atoms with Crippen LogP contribution in [0, 0.1) is 18.8 Å². The lowest BCUT2D eigenvalue weighted by Crippen LogP contribution is -2.43. The lowest BCUT2D eigenvalue weighted by molar-refractivity contribution is -0.142. The number of nitrogens with zero attached hydrogens (tertiary/aromatic N) is 5. The molecule has 20 heavy (non-hydrogen) atoms. The number of anilines is 1. The highest BCUT2D eigenvalue weighted by molar-refractivity contribution is 5.72. The van der Waals surface area contributed by atoms with Gasteiger partial charge in [-0.15, -0.1) is 10.2 Å². The summed E-state index contributed by atoms with van der Waals surface area (Å²) in [4.78, 5) is 17.7. The maximum Gasteiger partial charge on any atom is 0.308 e. The highest BCUT2D eigenvalue weighted by Crippen LogP contribution is 2.27.